The third-order valence-corrected chi connectivity index (χ3v) is 3.81. The van der Waals surface area contributed by atoms with E-state index in [2.05, 4.69) is 15.3 Å². The number of aromatic amines is 1. The molecule has 7 heteroatoms. The first-order chi connectivity index (χ1) is 11.5. The fourth-order valence-electron chi connectivity index (χ4n) is 2.69. The average Bonchev–Trinajstić information content (AvgIpc) is 3.09. The number of hydrogen-bond acceptors (Lipinski definition) is 4. The Hall–Kier alpha value is -3.09. The van der Waals surface area contributed by atoms with Crippen LogP contribution in [0.2, 0.25) is 0 Å². The highest BCUT2D eigenvalue weighted by Crippen LogP contribution is 2.19. The molecule has 0 saturated carbocycles. The summed E-state index contributed by atoms with van der Waals surface area (Å²) in [5, 5.41) is 12.9. The zero-order valence-electron chi connectivity index (χ0n) is 13.3. The van der Waals surface area contributed by atoms with Gasteiger partial charge in [-0.1, -0.05) is 18.2 Å². The summed E-state index contributed by atoms with van der Waals surface area (Å²) in [6.45, 7) is 3.27. The van der Waals surface area contributed by atoms with Crippen LogP contribution in [0.15, 0.2) is 34.9 Å². The second-order valence-corrected chi connectivity index (χ2v) is 5.58. The summed E-state index contributed by atoms with van der Waals surface area (Å²) >= 11 is 0. The minimum atomic E-state index is -1.11. The number of hydrogen-bond donors (Lipinski definition) is 3. The highest BCUT2D eigenvalue weighted by molar-refractivity contribution is 5.95. The lowest BCUT2D eigenvalue weighted by Crippen LogP contribution is -2.42. The molecule has 1 unspecified atom stereocenters. The van der Waals surface area contributed by atoms with E-state index >= 15 is 0 Å². The van der Waals surface area contributed by atoms with Crippen LogP contribution in [0.25, 0.3) is 10.9 Å². The maximum Gasteiger partial charge on any atom is 0.326 e. The largest absolute Gasteiger partial charge is 0.480 e. The molecule has 0 aliphatic rings. The van der Waals surface area contributed by atoms with Crippen molar-refractivity contribution in [2.75, 3.05) is 0 Å². The number of aryl methyl sites for hydroxylation is 2. The van der Waals surface area contributed by atoms with E-state index in [9.17, 15) is 14.7 Å². The van der Waals surface area contributed by atoms with E-state index in [4.69, 9.17) is 4.42 Å². The summed E-state index contributed by atoms with van der Waals surface area (Å²) in [5.74, 6) is -1.29. The van der Waals surface area contributed by atoms with Gasteiger partial charge in [-0.3, -0.25) is 4.79 Å². The number of carbonyl (C=O) groups is 2. The maximum absolute atomic E-state index is 12.3. The van der Waals surface area contributed by atoms with Crippen molar-refractivity contribution in [2.24, 2.45) is 0 Å². The highest BCUT2D eigenvalue weighted by Gasteiger charge is 2.25. The number of aromatic nitrogens is 2. The predicted molar refractivity (Wildman–Crippen MR) is 86.9 cm³/mol. The number of nitrogens with one attached hydrogen (secondary N) is 2. The molecule has 3 rings (SSSR count). The van der Waals surface area contributed by atoms with Crippen molar-refractivity contribution in [3.05, 3.63) is 53.4 Å². The number of oxazole rings is 1. The zero-order chi connectivity index (χ0) is 17.3. The molecule has 2 aromatic heterocycles. The van der Waals surface area contributed by atoms with E-state index in [0.29, 0.717) is 11.6 Å². The molecule has 24 heavy (non-hydrogen) atoms. The number of carboxylic acids is 1. The van der Waals surface area contributed by atoms with Gasteiger partial charge >= 0.3 is 5.97 Å². The lowest BCUT2D eigenvalue weighted by molar-refractivity contribution is -0.139. The second-order valence-electron chi connectivity index (χ2n) is 5.58. The van der Waals surface area contributed by atoms with Gasteiger partial charge in [0.05, 0.1) is 5.69 Å². The van der Waals surface area contributed by atoms with Crippen LogP contribution in [0, 0.1) is 13.8 Å². The second kappa shape index (κ2) is 6.19. The minimum Gasteiger partial charge on any atom is -0.480 e. The number of carboxylic acid groups (broad SMARTS) is 1. The first-order valence-electron chi connectivity index (χ1n) is 7.48. The topological polar surface area (TPSA) is 108 Å². The Kier molecular flexibility index (Phi) is 4.07. The van der Waals surface area contributed by atoms with Gasteiger partial charge in [-0.05, 0) is 18.6 Å². The molecule has 1 amide bonds. The molecular weight excluding hydrogens is 310 g/mol. The van der Waals surface area contributed by atoms with Crippen LogP contribution < -0.4 is 5.32 Å². The van der Waals surface area contributed by atoms with E-state index < -0.39 is 17.9 Å². The minimum absolute atomic E-state index is 0.0395. The van der Waals surface area contributed by atoms with Gasteiger partial charge in [0.2, 0.25) is 5.76 Å². The van der Waals surface area contributed by atoms with Gasteiger partial charge < -0.3 is 19.8 Å². The molecule has 7 nitrogen and oxygen atoms in total. The molecule has 2 heterocycles. The standard InChI is InChI=1S/C17H17N3O4/c1-9-15(24-10(2)19-9)16(21)20-14(17(22)23)7-11-8-18-13-6-4-3-5-12(11)13/h3-6,8,14,18H,7H2,1-2H3,(H,20,21)(H,22,23). The molecule has 3 aromatic rings. The van der Waals surface area contributed by atoms with E-state index in [1.807, 2.05) is 24.3 Å². The number of aliphatic carboxylic acids is 1. The van der Waals surface area contributed by atoms with Crippen LogP contribution >= 0.6 is 0 Å². The summed E-state index contributed by atoms with van der Waals surface area (Å²) in [6, 6.07) is 6.53. The van der Waals surface area contributed by atoms with E-state index in [1.165, 1.54) is 0 Å². The number of H-pyrrole nitrogens is 1. The van der Waals surface area contributed by atoms with Crippen LogP contribution in [0.1, 0.15) is 27.7 Å². The monoisotopic (exact) mass is 327 g/mol. The summed E-state index contributed by atoms with van der Waals surface area (Å²) in [7, 11) is 0. The Labute approximate surface area is 137 Å². The van der Waals surface area contributed by atoms with Crippen LogP contribution in [-0.2, 0) is 11.2 Å². The van der Waals surface area contributed by atoms with E-state index in [1.54, 1.807) is 20.0 Å². The molecule has 0 radical (unpaired) electrons. The van der Waals surface area contributed by atoms with Crippen molar-refractivity contribution < 1.29 is 19.1 Å². The van der Waals surface area contributed by atoms with Crippen molar-refractivity contribution >= 4 is 22.8 Å². The average molecular weight is 327 g/mol. The predicted octanol–water partition coefficient (Wildman–Crippen LogP) is 2.20. The summed E-state index contributed by atoms with van der Waals surface area (Å²) in [4.78, 5) is 30.9. The van der Waals surface area contributed by atoms with E-state index in [-0.39, 0.29) is 12.2 Å². The van der Waals surface area contributed by atoms with Gasteiger partial charge in [0.1, 0.15) is 6.04 Å². The number of benzene rings is 1. The highest BCUT2D eigenvalue weighted by atomic mass is 16.4. The number of amides is 1. The molecule has 0 spiro atoms. The Bertz CT molecular complexity index is 910. The van der Waals surface area contributed by atoms with Crippen LogP contribution in [0.3, 0.4) is 0 Å². The van der Waals surface area contributed by atoms with Gasteiger partial charge in [0.15, 0.2) is 5.89 Å². The van der Waals surface area contributed by atoms with Gasteiger partial charge in [-0.2, -0.15) is 0 Å². The molecule has 1 aromatic carbocycles. The van der Waals surface area contributed by atoms with Crippen molar-refractivity contribution in [3.63, 3.8) is 0 Å². The molecule has 0 saturated heterocycles. The molecule has 0 bridgehead atoms. The Morgan fingerprint density at radius 3 is 2.75 bits per heavy atom. The van der Waals surface area contributed by atoms with Crippen molar-refractivity contribution in [3.8, 4) is 0 Å². The normalized spacial score (nSPS) is 12.2. The van der Waals surface area contributed by atoms with Crippen molar-refractivity contribution in [2.45, 2.75) is 26.3 Å². The molecule has 0 aliphatic carbocycles. The van der Waals surface area contributed by atoms with Gasteiger partial charge in [-0.15, -0.1) is 0 Å². The van der Waals surface area contributed by atoms with Gasteiger partial charge in [-0.25, -0.2) is 9.78 Å². The summed E-state index contributed by atoms with van der Waals surface area (Å²) in [6.07, 6.45) is 1.92. The number of rotatable bonds is 5. The molecular formula is C17H17N3O4. The number of para-hydroxylation sites is 1. The van der Waals surface area contributed by atoms with Crippen molar-refractivity contribution in [1.29, 1.82) is 0 Å². The fourth-order valence-corrected chi connectivity index (χ4v) is 2.69. The van der Waals surface area contributed by atoms with Crippen molar-refractivity contribution in [1.82, 2.24) is 15.3 Å². The maximum atomic E-state index is 12.3. The lowest BCUT2D eigenvalue weighted by atomic mass is 10.0. The van der Waals surface area contributed by atoms with Crippen LogP contribution in [0.4, 0.5) is 0 Å². The number of nitrogens with zero attached hydrogens (tertiary/aromatic N) is 1. The summed E-state index contributed by atoms with van der Waals surface area (Å²) in [5.41, 5.74) is 2.18. The number of fused-ring (bicyclic) bond motifs is 1. The van der Waals surface area contributed by atoms with Crippen LogP contribution in [0.5, 0.6) is 0 Å². The van der Waals surface area contributed by atoms with Crippen LogP contribution in [-0.4, -0.2) is 33.0 Å². The number of carbonyl (C=O) groups excluding carboxylic acids is 1. The quantitative estimate of drug-likeness (QED) is 0.666. The molecule has 124 valence electrons. The SMILES string of the molecule is Cc1nc(C)c(C(=O)NC(Cc2c[nH]c3ccccc23)C(=O)O)o1. The van der Waals surface area contributed by atoms with E-state index in [0.717, 1.165) is 16.5 Å². The lowest BCUT2D eigenvalue weighted by Gasteiger charge is -2.13. The fraction of sp³-hybridized carbons (Fsp3) is 0.235. The molecule has 1 atom stereocenters. The molecule has 3 N–H and O–H groups in total. The Morgan fingerprint density at radius 1 is 1.33 bits per heavy atom. The smallest absolute Gasteiger partial charge is 0.326 e. The third kappa shape index (κ3) is 3.01. The molecule has 0 fully saturated rings. The Balaban J connectivity index is 1.81. The summed E-state index contributed by atoms with van der Waals surface area (Å²) < 4.78 is 5.24. The first-order valence-corrected chi connectivity index (χ1v) is 7.48. The third-order valence-electron chi connectivity index (χ3n) is 3.81. The van der Waals surface area contributed by atoms with Gasteiger partial charge in [0.25, 0.3) is 5.91 Å². The molecule has 0 aliphatic heterocycles. The zero-order valence-corrected chi connectivity index (χ0v) is 13.3. The Morgan fingerprint density at radius 2 is 2.08 bits per heavy atom. The van der Waals surface area contributed by atoms with Gasteiger partial charge in [0, 0.05) is 30.4 Å². The first kappa shape index (κ1) is 15.8.